The summed E-state index contributed by atoms with van der Waals surface area (Å²) in [5.41, 5.74) is 0.955. The van der Waals surface area contributed by atoms with Crippen LogP contribution in [0.25, 0.3) is 10.9 Å². The quantitative estimate of drug-likeness (QED) is 0.660. The summed E-state index contributed by atoms with van der Waals surface area (Å²) in [6.45, 7) is 0. The van der Waals surface area contributed by atoms with Crippen molar-refractivity contribution in [3.8, 4) is 5.75 Å². The fourth-order valence-electron chi connectivity index (χ4n) is 1.14. The van der Waals surface area contributed by atoms with Gasteiger partial charge in [-0.15, -0.1) is 0 Å². The molecule has 0 aliphatic heterocycles. The first kappa shape index (κ1) is 7.69. The molecule has 0 aliphatic carbocycles. The maximum atomic E-state index is 9.39. The fourth-order valence-corrected chi connectivity index (χ4v) is 1.72. The molecule has 0 spiro atoms. The van der Waals surface area contributed by atoms with E-state index >= 15 is 0 Å². The van der Waals surface area contributed by atoms with E-state index in [4.69, 9.17) is 0 Å². The monoisotopic (exact) mass is 208 g/mol. The van der Waals surface area contributed by atoms with Gasteiger partial charge in [-0.2, -0.15) is 0 Å². The molecule has 0 saturated heterocycles. The number of nitrogens with zero attached hydrogens (tertiary/aromatic N) is 1. The molecule has 0 fully saturated rings. The number of hydrogen-bond acceptors (Lipinski definition) is 2. The van der Waals surface area contributed by atoms with Gasteiger partial charge in [0.2, 0.25) is 0 Å². The first-order chi connectivity index (χ1) is 5.77. The van der Waals surface area contributed by atoms with Crippen molar-refractivity contribution in [1.29, 1.82) is 0 Å². The summed E-state index contributed by atoms with van der Waals surface area (Å²) in [5, 5.41) is 10.4. The zero-order valence-corrected chi connectivity index (χ0v) is 9.46. The van der Waals surface area contributed by atoms with Crippen LogP contribution < -0.4 is 4.29 Å². The maximum absolute atomic E-state index is 9.39. The number of rotatable bonds is 0. The van der Waals surface area contributed by atoms with Crippen molar-refractivity contribution in [2.75, 3.05) is 0 Å². The minimum atomic E-state index is 0.314. The van der Waals surface area contributed by atoms with Gasteiger partial charge in [0.15, 0.2) is 0 Å². The normalized spacial score (nSPS) is 10.5. The molecule has 1 aromatic heterocycles. The van der Waals surface area contributed by atoms with Gasteiger partial charge in [-0.1, -0.05) is 0 Å². The molecular weight excluding hydrogens is 203 g/mol. The van der Waals surface area contributed by atoms with Gasteiger partial charge in [-0.25, -0.2) is 0 Å². The predicted molar refractivity (Wildman–Crippen MR) is 43.0 cm³/mol. The number of aromatic hydroxyl groups is 1. The van der Waals surface area contributed by atoms with Crippen molar-refractivity contribution in [2.45, 2.75) is 0 Å². The number of aromatic nitrogens is 1. The molecule has 2 nitrogen and oxygen atoms in total. The molecule has 0 radical (unpaired) electrons. The molecule has 1 N–H and O–H groups in total. The Kier molecular flexibility index (Phi) is 1.82. The Morgan fingerprint density at radius 3 is 2.83 bits per heavy atom. The molecule has 55 valence electrons. The third-order valence-electron chi connectivity index (χ3n) is 1.78. The summed E-state index contributed by atoms with van der Waals surface area (Å²) < 4.78 is 0.800. The standard InChI is InChI=1S/C9H6NO.Zn/c11-8-5-7-3-1-2-4-9(7)10-6-8;/h1-5,11H;. The predicted octanol–water partition coefficient (Wildman–Crippen LogP) is 1.11. The van der Waals surface area contributed by atoms with E-state index in [0.717, 1.165) is 33.5 Å². The zero-order valence-electron chi connectivity index (χ0n) is 6.49. The van der Waals surface area contributed by atoms with Crippen molar-refractivity contribution in [2.24, 2.45) is 0 Å². The first-order valence-corrected chi connectivity index (χ1v) is 5.16. The van der Waals surface area contributed by atoms with E-state index in [1.807, 2.05) is 24.3 Å². The Morgan fingerprint density at radius 2 is 2.00 bits per heavy atom. The number of benzene rings is 1. The number of fused-ring (bicyclic) bond motifs is 1. The molecular formula is C9H6NOZn. The van der Waals surface area contributed by atoms with E-state index in [-0.39, 0.29) is 0 Å². The van der Waals surface area contributed by atoms with Crippen LogP contribution >= 0.6 is 0 Å². The summed E-state index contributed by atoms with van der Waals surface area (Å²) >= 11 is 0.886. The van der Waals surface area contributed by atoms with Gasteiger partial charge in [0, 0.05) is 0 Å². The van der Waals surface area contributed by atoms with Gasteiger partial charge in [-0.3, -0.25) is 0 Å². The van der Waals surface area contributed by atoms with Gasteiger partial charge in [-0.05, 0) is 0 Å². The molecule has 12 heavy (non-hydrogen) atoms. The molecule has 0 aliphatic rings. The number of hydrogen-bond donors (Lipinski definition) is 1. The SMILES string of the molecule is Oc1cc2ccccc2n[c]1[Zn]. The molecule has 0 bridgehead atoms. The Bertz CT molecular complexity index is 387. The second kappa shape index (κ2) is 2.83. The molecule has 1 aromatic carbocycles. The molecule has 1 heterocycles. The van der Waals surface area contributed by atoms with Crippen LogP contribution in [-0.4, -0.2) is 10.1 Å². The third kappa shape index (κ3) is 1.21. The molecule has 0 amide bonds. The third-order valence-corrected chi connectivity index (χ3v) is 2.87. The summed E-state index contributed by atoms with van der Waals surface area (Å²) in [6, 6.07) is 9.55. The molecule has 0 saturated carbocycles. The van der Waals surface area contributed by atoms with Gasteiger partial charge < -0.3 is 0 Å². The summed E-state index contributed by atoms with van der Waals surface area (Å²) in [7, 11) is 0. The summed E-state index contributed by atoms with van der Waals surface area (Å²) in [6.07, 6.45) is 0. The average molecular weight is 210 g/mol. The summed E-state index contributed by atoms with van der Waals surface area (Å²) in [4.78, 5) is 4.28. The van der Waals surface area contributed by atoms with Gasteiger partial charge >= 0.3 is 79.7 Å². The van der Waals surface area contributed by atoms with Crippen molar-refractivity contribution in [1.82, 2.24) is 4.98 Å². The van der Waals surface area contributed by atoms with Gasteiger partial charge in [0.05, 0.1) is 0 Å². The van der Waals surface area contributed by atoms with Crippen LogP contribution in [0.4, 0.5) is 0 Å². The Labute approximate surface area is 79.9 Å². The van der Waals surface area contributed by atoms with Gasteiger partial charge in [0.25, 0.3) is 0 Å². The van der Waals surface area contributed by atoms with Crippen molar-refractivity contribution in [3.05, 3.63) is 30.3 Å². The van der Waals surface area contributed by atoms with Crippen molar-refractivity contribution in [3.63, 3.8) is 0 Å². The summed E-state index contributed by atoms with van der Waals surface area (Å²) in [5.74, 6) is 0.314. The van der Waals surface area contributed by atoms with Crippen LogP contribution in [0.15, 0.2) is 30.3 Å². The van der Waals surface area contributed by atoms with Crippen LogP contribution in [0.3, 0.4) is 0 Å². The van der Waals surface area contributed by atoms with E-state index < -0.39 is 0 Å². The zero-order chi connectivity index (χ0) is 8.55. The Morgan fingerprint density at radius 1 is 1.25 bits per heavy atom. The average Bonchev–Trinajstić information content (AvgIpc) is 2.07. The second-order valence-electron chi connectivity index (χ2n) is 2.65. The molecule has 3 heteroatoms. The Hall–Kier alpha value is -0.947. The molecule has 0 atom stereocenters. The van der Waals surface area contributed by atoms with Crippen molar-refractivity contribution >= 4 is 15.2 Å². The van der Waals surface area contributed by atoms with Gasteiger partial charge in [0.1, 0.15) is 0 Å². The first-order valence-electron chi connectivity index (χ1n) is 3.68. The van der Waals surface area contributed by atoms with E-state index in [1.54, 1.807) is 6.07 Å². The van der Waals surface area contributed by atoms with Crippen molar-refractivity contribution < 1.29 is 23.4 Å². The van der Waals surface area contributed by atoms with Crippen LogP contribution in [0.5, 0.6) is 5.75 Å². The molecule has 2 rings (SSSR count). The molecule has 2 aromatic rings. The van der Waals surface area contributed by atoms with E-state index in [1.165, 1.54) is 0 Å². The van der Waals surface area contributed by atoms with Crippen LogP contribution in [0, 0.1) is 0 Å². The minimum absolute atomic E-state index is 0.314. The number of para-hydroxylation sites is 1. The number of pyridine rings is 1. The Balaban J connectivity index is 2.84. The fraction of sp³-hybridized carbons (Fsp3) is 0. The van der Waals surface area contributed by atoms with Crippen LogP contribution in [0.2, 0.25) is 0 Å². The van der Waals surface area contributed by atoms with E-state index in [0.29, 0.717) is 5.75 Å². The van der Waals surface area contributed by atoms with Crippen LogP contribution in [0.1, 0.15) is 0 Å². The second-order valence-corrected chi connectivity index (χ2v) is 4.05. The van der Waals surface area contributed by atoms with Crippen LogP contribution in [-0.2, 0) is 18.3 Å². The van der Waals surface area contributed by atoms with E-state index in [9.17, 15) is 5.11 Å². The van der Waals surface area contributed by atoms with E-state index in [2.05, 4.69) is 4.98 Å². The molecule has 0 unspecified atom stereocenters. The topological polar surface area (TPSA) is 33.1 Å².